The van der Waals surface area contributed by atoms with Gasteiger partial charge in [-0.05, 0) is 37.5 Å². The van der Waals surface area contributed by atoms with Crippen LogP contribution in [0.3, 0.4) is 0 Å². The number of hydrogen-bond donors (Lipinski definition) is 0. The molecule has 0 aliphatic carbocycles. The summed E-state index contributed by atoms with van der Waals surface area (Å²) in [7, 11) is -3.60. The third-order valence-corrected chi connectivity index (χ3v) is 5.89. The average molecular weight is 324 g/mol. The second-order valence-corrected chi connectivity index (χ2v) is 8.18. The Bertz CT molecular complexity index is 636. The number of carbonyl (C=O) groups is 1. The fraction of sp³-hybridized carbons (Fsp3) is 0.562. The Morgan fingerprint density at radius 1 is 1.00 bits per heavy atom. The molecule has 0 bridgehead atoms. The van der Waals surface area contributed by atoms with Crippen LogP contribution in [-0.2, 0) is 14.8 Å². The fourth-order valence-electron chi connectivity index (χ4n) is 2.59. The molecular formula is C16H24N2O3S. The van der Waals surface area contributed by atoms with Crippen molar-refractivity contribution in [1.82, 2.24) is 9.21 Å². The highest BCUT2D eigenvalue weighted by molar-refractivity contribution is 7.89. The molecule has 1 aliphatic heterocycles. The topological polar surface area (TPSA) is 57.7 Å². The number of nitrogens with zero attached hydrogens (tertiary/aromatic N) is 2. The van der Waals surface area contributed by atoms with Crippen molar-refractivity contribution in [3.63, 3.8) is 0 Å². The first-order chi connectivity index (χ1) is 10.2. The number of benzene rings is 1. The van der Waals surface area contributed by atoms with Gasteiger partial charge in [0.25, 0.3) is 0 Å². The summed E-state index contributed by atoms with van der Waals surface area (Å²) in [6.07, 6.45) is 0. The molecule has 22 heavy (non-hydrogen) atoms. The second-order valence-electron chi connectivity index (χ2n) is 6.24. The van der Waals surface area contributed by atoms with E-state index in [1.807, 2.05) is 26.0 Å². The minimum absolute atomic E-state index is 0.0769. The molecule has 1 fully saturated rings. The standard InChI is InChI=1S/C16H24N2O3S/c1-12(2)14-5-7-15(8-6-14)22(20,21)17-9-10-18(13(3)4)16(19)11-17/h5-8,12-13H,9-11H2,1-4H3. The van der Waals surface area contributed by atoms with Crippen LogP contribution in [0.1, 0.15) is 39.2 Å². The molecule has 2 rings (SSSR count). The summed E-state index contributed by atoms with van der Waals surface area (Å²) in [6.45, 7) is 8.71. The van der Waals surface area contributed by atoms with Crippen molar-refractivity contribution in [2.24, 2.45) is 0 Å². The number of rotatable bonds is 4. The zero-order chi connectivity index (χ0) is 16.5. The lowest BCUT2D eigenvalue weighted by atomic mass is 10.0. The van der Waals surface area contributed by atoms with Crippen LogP contribution in [0, 0.1) is 0 Å². The highest BCUT2D eigenvalue weighted by Gasteiger charge is 2.33. The lowest BCUT2D eigenvalue weighted by molar-refractivity contribution is -0.135. The first kappa shape index (κ1) is 17.0. The Morgan fingerprint density at radius 2 is 1.59 bits per heavy atom. The van der Waals surface area contributed by atoms with Crippen LogP contribution in [0.5, 0.6) is 0 Å². The third-order valence-electron chi connectivity index (χ3n) is 4.03. The molecule has 1 aromatic rings. The lowest BCUT2D eigenvalue weighted by Crippen LogP contribution is -2.54. The summed E-state index contributed by atoms with van der Waals surface area (Å²) in [4.78, 5) is 14.1. The summed E-state index contributed by atoms with van der Waals surface area (Å²) < 4.78 is 26.6. The lowest BCUT2D eigenvalue weighted by Gasteiger charge is -2.36. The maximum absolute atomic E-state index is 12.6. The van der Waals surface area contributed by atoms with Gasteiger partial charge in [0.1, 0.15) is 0 Å². The highest BCUT2D eigenvalue weighted by atomic mass is 32.2. The Kier molecular flexibility index (Phi) is 4.92. The van der Waals surface area contributed by atoms with Crippen molar-refractivity contribution in [2.45, 2.75) is 44.6 Å². The van der Waals surface area contributed by atoms with E-state index < -0.39 is 10.0 Å². The molecule has 0 radical (unpaired) electrons. The number of hydrogen-bond acceptors (Lipinski definition) is 3. The number of piperazine rings is 1. The van der Waals surface area contributed by atoms with Crippen molar-refractivity contribution < 1.29 is 13.2 Å². The van der Waals surface area contributed by atoms with Gasteiger partial charge in [-0.2, -0.15) is 4.31 Å². The fourth-order valence-corrected chi connectivity index (χ4v) is 3.97. The normalized spacial score (nSPS) is 17.5. The third kappa shape index (κ3) is 3.33. The molecule has 0 spiro atoms. The zero-order valence-corrected chi connectivity index (χ0v) is 14.4. The van der Waals surface area contributed by atoms with Gasteiger partial charge in [-0.1, -0.05) is 26.0 Å². The van der Waals surface area contributed by atoms with E-state index in [0.717, 1.165) is 5.56 Å². The van der Waals surface area contributed by atoms with E-state index in [4.69, 9.17) is 0 Å². The Hall–Kier alpha value is -1.40. The van der Waals surface area contributed by atoms with Crippen LogP contribution in [0.2, 0.25) is 0 Å². The van der Waals surface area contributed by atoms with E-state index in [1.165, 1.54) is 4.31 Å². The predicted molar refractivity (Wildman–Crippen MR) is 86.1 cm³/mol. The van der Waals surface area contributed by atoms with Crippen molar-refractivity contribution in [3.8, 4) is 0 Å². The predicted octanol–water partition coefficient (Wildman–Crippen LogP) is 2.05. The first-order valence-corrected chi connectivity index (χ1v) is 9.07. The minimum atomic E-state index is -3.60. The highest BCUT2D eigenvalue weighted by Crippen LogP contribution is 2.21. The maximum atomic E-state index is 12.6. The molecule has 1 saturated heterocycles. The monoisotopic (exact) mass is 324 g/mol. The zero-order valence-electron chi connectivity index (χ0n) is 13.6. The van der Waals surface area contributed by atoms with Gasteiger partial charge in [0.05, 0.1) is 11.4 Å². The molecule has 0 aromatic heterocycles. The summed E-state index contributed by atoms with van der Waals surface area (Å²) in [6, 6.07) is 7.03. The average Bonchev–Trinajstić information content (AvgIpc) is 2.46. The SMILES string of the molecule is CC(C)c1ccc(S(=O)(=O)N2CCN(C(C)C)C(=O)C2)cc1. The minimum Gasteiger partial charge on any atom is -0.338 e. The van der Waals surface area contributed by atoms with E-state index in [1.54, 1.807) is 17.0 Å². The largest absolute Gasteiger partial charge is 0.338 e. The van der Waals surface area contributed by atoms with E-state index in [9.17, 15) is 13.2 Å². The molecule has 1 amide bonds. The van der Waals surface area contributed by atoms with E-state index in [2.05, 4.69) is 13.8 Å². The van der Waals surface area contributed by atoms with Crippen molar-refractivity contribution in [1.29, 1.82) is 0 Å². The van der Waals surface area contributed by atoms with Crippen molar-refractivity contribution in [3.05, 3.63) is 29.8 Å². The molecule has 1 aliphatic rings. The van der Waals surface area contributed by atoms with Crippen LogP contribution in [-0.4, -0.2) is 49.2 Å². The van der Waals surface area contributed by atoms with Crippen LogP contribution < -0.4 is 0 Å². The maximum Gasteiger partial charge on any atom is 0.243 e. The smallest absolute Gasteiger partial charge is 0.243 e. The Balaban J connectivity index is 2.19. The van der Waals surface area contributed by atoms with Gasteiger partial charge in [0.2, 0.25) is 15.9 Å². The molecule has 1 aromatic carbocycles. The van der Waals surface area contributed by atoms with E-state index >= 15 is 0 Å². The summed E-state index contributed by atoms with van der Waals surface area (Å²) in [5.41, 5.74) is 1.10. The first-order valence-electron chi connectivity index (χ1n) is 7.63. The van der Waals surface area contributed by atoms with Crippen molar-refractivity contribution in [2.75, 3.05) is 19.6 Å². The molecule has 122 valence electrons. The summed E-state index contributed by atoms with van der Waals surface area (Å²) in [5, 5.41) is 0. The number of amides is 1. The van der Waals surface area contributed by atoms with Gasteiger partial charge in [0, 0.05) is 19.1 Å². The summed E-state index contributed by atoms with van der Waals surface area (Å²) >= 11 is 0. The molecule has 0 unspecified atom stereocenters. The Labute approximate surface area is 133 Å². The number of sulfonamides is 1. The van der Waals surface area contributed by atoms with Crippen LogP contribution in [0.25, 0.3) is 0 Å². The number of carbonyl (C=O) groups excluding carboxylic acids is 1. The van der Waals surface area contributed by atoms with Gasteiger partial charge in [-0.3, -0.25) is 4.79 Å². The molecule has 0 N–H and O–H groups in total. The van der Waals surface area contributed by atoms with Gasteiger partial charge in [-0.25, -0.2) is 8.42 Å². The quantitative estimate of drug-likeness (QED) is 0.852. The molecule has 0 atom stereocenters. The molecule has 1 heterocycles. The van der Waals surface area contributed by atoms with Crippen LogP contribution >= 0.6 is 0 Å². The molecule has 5 nitrogen and oxygen atoms in total. The van der Waals surface area contributed by atoms with Gasteiger partial charge >= 0.3 is 0 Å². The molecule has 0 saturated carbocycles. The summed E-state index contributed by atoms with van der Waals surface area (Å²) in [5.74, 6) is 0.219. The van der Waals surface area contributed by atoms with Crippen molar-refractivity contribution >= 4 is 15.9 Å². The van der Waals surface area contributed by atoms with Gasteiger partial charge < -0.3 is 4.90 Å². The van der Waals surface area contributed by atoms with Crippen LogP contribution in [0.4, 0.5) is 0 Å². The molecular weight excluding hydrogens is 300 g/mol. The van der Waals surface area contributed by atoms with Gasteiger partial charge in [-0.15, -0.1) is 0 Å². The van der Waals surface area contributed by atoms with Gasteiger partial charge in [0.15, 0.2) is 0 Å². The molecule has 6 heteroatoms. The van der Waals surface area contributed by atoms with E-state index in [-0.39, 0.29) is 23.4 Å². The van der Waals surface area contributed by atoms with Crippen LogP contribution in [0.15, 0.2) is 29.2 Å². The van der Waals surface area contributed by atoms with E-state index in [0.29, 0.717) is 19.0 Å². The Morgan fingerprint density at radius 3 is 2.05 bits per heavy atom. The second kappa shape index (κ2) is 6.38.